The van der Waals surface area contributed by atoms with Gasteiger partial charge in [-0.1, -0.05) is 32.0 Å². The molecular weight excluding hydrogens is 222 g/mol. The first kappa shape index (κ1) is 14.9. The lowest BCUT2D eigenvalue weighted by Crippen LogP contribution is -2.20. The molecule has 0 saturated heterocycles. The normalized spacial score (nSPS) is 10.9. The Balaban J connectivity index is 2.46. The number of carbonyl (C=O) groups excluding carboxylic acids is 1. The second kappa shape index (κ2) is 7.32. The predicted octanol–water partition coefficient (Wildman–Crippen LogP) is 3.23. The van der Waals surface area contributed by atoms with E-state index in [0.717, 1.165) is 19.5 Å². The van der Waals surface area contributed by atoms with Crippen LogP contribution in [0.4, 0.5) is 0 Å². The average molecular weight is 247 g/mol. The Morgan fingerprint density at radius 3 is 2.61 bits per heavy atom. The van der Waals surface area contributed by atoms with E-state index in [9.17, 15) is 4.79 Å². The summed E-state index contributed by atoms with van der Waals surface area (Å²) in [5.74, 6) is 0.829. The molecule has 0 aliphatic carbocycles. The highest BCUT2D eigenvalue weighted by atomic mass is 16.1. The molecule has 0 saturated carbocycles. The van der Waals surface area contributed by atoms with E-state index in [1.165, 1.54) is 16.7 Å². The maximum absolute atomic E-state index is 10.8. The molecule has 18 heavy (non-hydrogen) atoms. The van der Waals surface area contributed by atoms with Crippen LogP contribution in [0.15, 0.2) is 18.2 Å². The van der Waals surface area contributed by atoms with Gasteiger partial charge in [-0.15, -0.1) is 0 Å². The Bertz CT molecular complexity index is 396. The highest BCUT2D eigenvalue weighted by Gasteiger charge is 2.03. The second-order valence-electron chi connectivity index (χ2n) is 5.29. The van der Waals surface area contributed by atoms with Gasteiger partial charge in [0.25, 0.3) is 0 Å². The van der Waals surface area contributed by atoms with Gasteiger partial charge in [-0.3, -0.25) is 4.79 Å². The zero-order valence-corrected chi connectivity index (χ0v) is 12.0. The third-order valence-corrected chi connectivity index (χ3v) is 3.26. The molecule has 2 heteroatoms. The quantitative estimate of drug-likeness (QED) is 0.749. The summed E-state index contributed by atoms with van der Waals surface area (Å²) in [6, 6.07) is 6.74. The molecule has 1 aromatic carbocycles. The Morgan fingerprint density at radius 1 is 1.28 bits per heavy atom. The van der Waals surface area contributed by atoms with Crippen molar-refractivity contribution in [2.75, 3.05) is 13.1 Å². The molecule has 0 heterocycles. The summed E-state index contributed by atoms with van der Waals surface area (Å²) in [6.07, 6.45) is 1.66. The molecule has 0 aliphatic rings. The summed E-state index contributed by atoms with van der Waals surface area (Å²) in [4.78, 5) is 10.8. The first-order chi connectivity index (χ1) is 8.50. The smallest absolute Gasteiger partial charge is 0.131 e. The molecule has 0 atom stereocenters. The number of nitrogens with one attached hydrogen (secondary N) is 1. The van der Waals surface area contributed by atoms with Crippen molar-refractivity contribution in [2.24, 2.45) is 0 Å². The molecule has 1 aromatic rings. The largest absolute Gasteiger partial charge is 0.316 e. The average Bonchev–Trinajstić information content (AvgIpc) is 2.30. The topological polar surface area (TPSA) is 29.1 Å². The van der Waals surface area contributed by atoms with Crippen molar-refractivity contribution in [2.45, 2.75) is 46.5 Å². The molecule has 0 bridgehead atoms. The summed E-state index contributed by atoms with van der Waals surface area (Å²) in [6.45, 7) is 9.97. The zero-order chi connectivity index (χ0) is 13.5. The van der Waals surface area contributed by atoms with E-state index in [2.05, 4.69) is 44.3 Å². The summed E-state index contributed by atoms with van der Waals surface area (Å²) >= 11 is 0. The van der Waals surface area contributed by atoms with Crippen LogP contribution in [-0.2, 0) is 11.2 Å². The number of carbonyl (C=O) groups is 1. The minimum absolute atomic E-state index is 0.250. The molecule has 0 unspecified atom stereocenters. The molecule has 0 fully saturated rings. The Labute approximate surface area is 111 Å². The van der Waals surface area contributed by atoms with Gasteiger partial charge in [0.05, 0.1) is 0 Å². The highest BCUT2D eigenvalue weighted by molar-refractivity contribution is 5.75. The number of aryl methyl sites for hydroxylation is 1. The molecule has 0 aliphatic heterocycles. The molecule has 0 amide bonds. The zero-order valence-electron chi connectivity index (χ0n) is 12.0. The van der Waals surface area contributed by atoms with Gasteiger partial charge in [0.1, 0.15) is 5.78 Å². The summed E-state index contributed by atoms with van der Waals surface area (Å²) in [7, 11) is 0. The first-order valence-corrected chi connectivity index (χ1v) is 6.80. The maximum atomic E-state index is 10.8. The third kappa shape index (κ3) is 5.01. The molecule has 1 N–H and O–H groups in total. The van der Waals surface area contributed by atoms with Crippen molar-refractivity contribution >= 4 is 5.78 Å². The molecule has 2 nitrogen and oxygen atoms in total. The lowest BCUT2D eigenvalue weighted by molar-refractivity contribution is -0.116. The monoisotopic (exact) mass is 247 g/mol. The van der Waals surface area contributed by atoms with Gasteiger partial charge in [0.15, 0.2) is 0 Å². The van der Waals surface area contributed by atoms with Crippen LogP contribution in [0.5, 0.6) is 0 Å². The van der Waals surface area contributed by atoms with Crippen molar-refractivity contribution in [1.29, 1.82) is 0 Å². The molecule has 0 spiro atoms. The molecule has 1 rings (SSSR count). The van der Waals surface area contributed by atoms with Crippen molar-refractivity contribution < 1.29 is 4.79 Å². The number of benzene rings is 1. The number of rotatable bonds is 7. The summed E-state index contributed by atoms with van der Waals surface area (Å²) < 4.78 is 0. The lowest BCUT2D eigenvalue weighted by atomic mass is 9.96. The fraction of sp³-hybridized carbons (Fsp3) is 0.562. The number of hydrogen-bond acceptors (Lipinski definition) is 2. The minimum Gasteiger partial charge on any atom is -0.316 e. The van der Waals surface area contributed by atoms with Crippen LogP contribution in [0.1, 0.15) is 49.8 Å². The summed E-state index contributed by atoms with van der Waals surface area (Å²) in [5.41, 5.74) is 4.17. The minimum atomic E-state index is 0.250. The molecule has 0 radical (unpaired) electrons. The van der Waals surface area contributed by atoms with E-state index in [1.807, 2.05) is 0 Å². The molecular formula is C16H25NO. The number of hydrogen-bond donors (Lipinski definition) is 1. The fourth-order valence-corrected chi connectivity index (χ4v) is 1.93. The van der Waals surface area contributed by atoms with E-state index >= 15 is 0 Å². The van der Waals surface area contributed by atoms with E-state index < -0.39 is 0 Å². The number of ketones is 1. The second-order valence-corrected chi connectivity index (χ2v) is 5.29. The van der Waals surface area contributed by atoms with Gasteiger partial charge in [-0.25, -0.2) is 0 Å². The van der Waals surface area contributed by atoms with Gasteiger partial charge in [-0.05, 0) is 49.4 Å². The van der Waals surface area contributed by atoms with E-state index in [1.54, 1.807) is 6.92 Å². The summed E-state index contributed by atoms with van der Waals surface area (Å²) in [5, 5.41) is 3.32. The third-order valence-electron chi connectivity index (χ3n) is 3.26. The van der Waals surface area contributed by atoms with Crippen molar-refractivity contribution in [3.8, 4) is 0 Å². The molecule has 100 valence electrons. The highest BCUT2D eigenvalue weighted by Crippen LogP contribution is 2.18. The van der Waals surface area contributed by atoms with Gasteiger partial charge in [0.2, 0.25) is 0 Å². The van der Waals surface area contributed by atoms with Gasteiger partial charge in [0, 0.05) is 13.0 Å². The van der Waals surface area contributed by atoms with Gasteiger partial charge in [-0.2, -0.15) is 0 Å². The Morgan fingerprint density at radius 2 is 2.00 bits per heavy atom. The van der Waals surface area contributed by atoms with Gasteiger partial charge < -0.3 is 5.32 Å². The van der Waals surface area contributed by atoms with Crippen LogP contribution >= 0.6 is 0 Å². The van der Waals surface area contributed by atoms with Crippen LogP contribution in [0.2, 0.25) is 0 Å². The Hall–Kier alpha value is -1.15. The van der Waals surface area contributed by atoms with Crippen LogP contribution in [-0.4, -0.2) is 18.9 Å². The van der Waals surface area contributed by atoms with E-state index in [-0.39, 0.29) is 5.78 Å². The standard InChI is InChI=1S/C16H25NO/c1-12(2)15-6-5-13(3)16(11-15)8-10-17-9-7-14(4)18/h5-6,11-12,17H,7-10H2,1-4H3. The van der Waals surface area contributed by atoms with Crippen LogP contribution in [0.3, 0.4) is 0 Å². The first-order valence-electron chi connectivity index (χ1n) is 6.80. The van der Waals surface area contributed by atoms with Gasteiger partial charge >= 0.3 is 0 Å². The van der Waals surface area contributed by atoms with Crippen LogP contribution < -0.4 is 5.32 Å². The van der Waals surface area contributed by atoms with Crippen molar-refractivity contribution in [1.82, 2.24) is 5.32 Å². The van der Waals surface area contributed by atoms with E-state index in [0.29, 0.717) is 12.3 Å². The SMILES string of the molecule is CC(=O)CCNCCc1cc(C(C)C)ccc1C. The van der Waals surface area contributed by atoms with E-state index in [4.69, 9.17) is 0 Å². The molecule has 0 aromatic heterocycles. The van der Waals surface area contributed by atoms with Crippen molar-refractivity contribution in [3.05, 3.63) is 34.9 Å². The fourth-order valence-electron chi connectivity index (χ4n) is 1.93. The maximum Gasteiger partial charge on any atom is 0.131 e. The Kier molecular flexibility index (Phi) is 6.06. The predicted molar refractivity (Wildman–Crippen MR) is 77.1 cm³/mol. The lowest BCUT2D eigenvalue weighted by Gasteiger charge is -2.11. The van der Waals surface area contributed by atoms with Crippen molar-refractivity contribution in [3.63, 3.8) is 0 Å². The van der Waals surface area contributed by atoms with Crippen LogP contribution in [0, 0.1) is 6.92 Å². The van der Waals surface area contributed by atoms with Crippen LogP contribution in [0.25, 0.3) is 0 Å². The number of Topliss-reactive ketones (excluding diaryl/α,β-unsaturated/α-hetero) is 1.